The van der Waals surface area contributed by atoms with Crippen molar-refractivity contribution in [1.29, 1.82) is 0 Å². The summed E-state index contributed by atoms with van der Waals surface area (Å²) in [6.07, 6.45) is 2.31. The van der Waals surface area contributed by atoms with Crippen LogP contribution >= 0.6 is 23.2 Å². The second-order valence-electron chi connectivity index (χ2n) is 5.52. The third kappa shape index (κ3) is 4.37. The van der Waals surface area contributed by atoms with Gasteiger partial charge in [0.05, 0.1) is 0 Å². The molecule has 0 bridgehead atoms. The number of nitrogens with zero attached hydrogens (tertiary/aromatic N) is 1. The lowest BCUT2D eigenvalue weighted by molar-refractivity contribution is -0.126. The number of nitrogens with one attached hydrogen (secondary N) is 1. The number of benzene rings is 1. The van der Waals surface area contributed by atoms with Crippen molar-refractivity contribution in [3.63, 3.8) is 0 Å². The van der Waals surface area contributed by atoms with E-state index in [4.69, 9.17) is 23.2 Å². The van der Waals surface area contributed by atoms with Crippen LogP contribution in [0.1, 0.15) is 36.5 Å². The summed E-state index contributed by atoms with van der Waals surface area (Å²) in [6.45, 7) is 3.89. The van der Waals surface area contributed by atoms with E-state index in [1.54, 1.807) is 23.1 Å². The van der Waals surface area contributed by atoms with E-state index >= 15 is 0 Å². The molecule has 2 rings (SSSR count). The second-order valence-corrected chi connectivity index (χ2v) is 6.39. The molecule has 1 N–H and O–H groups in total. The van der Waals surface area contributed by atoms with Crippen LogP contribution in [0.25, 0.3) is 0 Å². The maximum atomic E-state index is 12.5. The molecule has 0 unspecified atom stereocenters. The maximum absolute atomic E-state index is 12.5. The van der Waals surface area contributed by atoms with Crippen molar-refractivity contribution in [3.05, 3.63) is 33.8 Å². The van der Waals surface area contributed by atoms with Gasteiger partial charge in [-0.25, -0.2) is 0 Å². The number of carbonyl (C=O) groups is 2. The van der Waals surface area contributed by atoms with E-state index in [9.17, 15) is 9.59 Å². The number of rotatable bonds is 4. The maximum Gasteiger partial charge on any atom is 0.253 e. The Kier molecular flexibility index (Phi) is 6.09. The fourth-order valence-corrected chi connectivity index (χ4v) is 3.12. The molecule has 0 spiro atoms. The first-order chi connectivity index (χ1) is 10.5. The molecule has 0 aliphatic carbocycles. The summed E-state index contributed by atoms with van der Waals surface area (Å²) in [5.74, 6) is 0.00937. The third-order valence-corrected chi connectivity index (χ3v) is 4.25. The highest BCUT2D eigenvalue weighted by Crippen LogP contribution is 2.23. The third-order valence-electron chi connectivity index (χ3n) is 3.81. The monoisotopic (exact) mass is 342 g/mol. The number of piperidine rings is 1. The van der Waals surface area contributed by atoms with Gasteiger partial charge >= 0.3 is 0 Å². The van der Waals surface area contributed by atoms with Gasteiger partial charge in [0.25, 0.3) is 5.91 Å². The molecule has 1 saturated heterocycles. The molecule has 2 amide bonds. The zero-order valence-electron chi connectivity index (χ0n) is 12.6. The molecular formula is C16H20Cl2N2O2. The lowest BCUT2D eigenvalue weighted by atomic mass is 9.95. The Morgan fingerprint density at radius 2 is 1.77 bits per heavy atom. The van der Waals surface area contributed by atoms with E-state index in [2.05, 4.69) is 5.32 Å². The van der Waals surface area contributed by atoms with Gasteiger partial charge in [-0.2, -0.15) is 0 Å². The highest BCUT2D eigenvalue weighted by atomic mass is 35.5. The van der Waals surface area contributed by atoms with Gasteiger partial charge in [0, 0.05) is 41.2 Å². The summed E-state index contributed by atoms with van der Waals surface area (Å²) < 4.78 is 0. The van der Waals surface area contributed by atoms with Gasteiger partial charge in [-0.1, -0.05) is 30.1 Å². The molecule has 0 radical (unpaired) electrons. The number of amides is 2. The Balaban J connectivity index is 1.93. The smallest absolute Gasteiger partial charge is 0.253 e. The summed E-state index contributed by atoms with van der Waals surface area (Å²) >= 11 is 11.9. The van der Waals surface area contributed by atoms with Crippen LogP contribution in [0.15, 0.2) is 18.2 Å². The fourth-order valence-electron chi connectivity index (χ4n) is 2.60. The summed E-state index contributed by atoms with van der Waals surface area (Å²) in [7, 11) is 0. The standard InChI is InChI=1S/C16H20Cl2N2O2/c1-2-5-19-15(21)11-3-6-20(7-4-11)16(22)12-8-13(17)10-14(18)9-12/h8-11H,2-7H2,1H3,(H,19,21). The van der Waals surface area contributed by atoms with Crippen LogP contribution in [-0.4, -0.2) is 36.3 Å². The Bertz CT molecular complexity index is 535. The first-order valence-corrected chi connectivity index (χ1v) is 8.30. The molecule has 22 heavy (non-hydrogen) atoms. The largest absolute Gasteiger partial charge is 0.356 e. The second kappa shape index (κ2) is 7.84. The zero-order chi connectivity index (χ0) is 16.1. The molecule has 1 aromatic rings. The van der Waals surface area contributed by atoms with Gasteiger partial charge in [-0.05, 0) is 37.5 Å². The van der Waals surface area contributed by atoms with Crippen LogP contribution in [0, 0.1) is 5.92 Å². The van der Waals surface area contributed by atoms with Gasteiger partial charge in [0.1, 0.15) is 0 Å². The average Bonchev–Trinajstić information content (AvgIpc) is 2.51. The normalized spacial score (nSPS) is 15.7. The minimum atomic E-state index is -0.0863. The highest BCUT2D eigenvalue weighted by molar-refractivity contribution is 6.35. The predicted molar refractivity (Wildman–Crippen MR) is 88.4 cm³/mol. The molecule has 1 aliphatic rings. The number of hydrogen-bond donors (Lipinski definition) is 1. The number of carbonyl (C=O) groups excluding carboxylic acids is 2. The molecule has 1 heterocycles. The molecule has 1 aliphatic heterocycles. The van der Waals surface area contributed by atoms with Crippen LogP contribution in [0.5, 0.6) is 0 Å². The molecule has 0 saturated carbocycles. The van der Waals surface area contributed by atoms with Crippen LogP contribution < -0.4 is 5.32 Å². The van der Waals surface area contributed by atoms with Crippen LogP contribution in [0.2, 0.25) is 10.0 Å². The van der Waals surface area contributed by atoms with Crippen molar-refractivity contribution >= 4 is 35.0 Å². The summed E-state index contributed by atoms with van der Waals surface area (Å²) in [5.41, 5.74) is 0.492. The zero-order valence-corrected chi connectivity index (χ0v) is 14.1. The molecule has 4 nitrogen and oxygen atoms in total. The summed E-state index contributed by atoms with van der Waals surface area (Å²) in [4.78, 5) is 26.2. The van der Waals surface area contributed by atoms with Crippen LogP contribution in [0.3, 0.4) is 0 Å². The minimum Gasteiger partial charge on any atom is -0.356 e. The van der Waals surface area contributed by atoms with Gasteiger partial charge in [0.15, 0.2) is 0 Å². The van der Waals surface area contributed by atoms with E-state index in [1.807, 2.05) is 6.92 Å². The molecule has 1 aromatic carbocycles. The molecule has 120 valence electrons. The van der Waals surface area contributed by atoms with Crippen molar-refractivity contribution in [2.24, 2.45) is 5.92 Å². The fraction of sp³-hybridized carbons (Fsp3) is 0.500. The van der Waals surface area contributed by atoms with Crippen molar-refractivity contribution < 1.29 is 9.59 Å². The number of hydrogen-bond acceptors (Lipinski definition) is 2. The van der Waals surface area contributed by atoms with Gasteiger partial charge in [-0.3, -0.25) is 9.59 Å². The molecular weight excluding hydrogens is 323 g/mol. The lowest BCUT2D eigenvalue weighted by Crippen LogP contribution is -2.43. The van der Waals surface area contributed by atoms with Crippen molar-refractivity contribution in [2.75, 3.05) is 19.6 Å². The lowest BCUT2D eigenvalue weighted by Gasteiger charge is -2.31. The molecule has 0 atom stereocenters. The number of likely N-dealkylation sites (tertiary alicyclic amines) is 1. The van der Waals surface area contributed by atoms with E-state index in [0.717, 1.165) is 6.42 Å². The summed E-state index contributed by atoms with van der Waals surface area (Å²) in [5, 5.41) is 3.81. The molecule has 6 heteroatoms. The van der Waals surface area contributed by atoms with E-state index in [-0.39, 0.29) is 17.7 Å². The first-order valence-electron chi connectivity index (χ1n) is 7.54. The molecule has 1 fully saturated rings. The summed E-state index contributed by atoms with van der Waals surface area (Å²) in [6, 6.07) is 4.84. The topological polar surface area (TPSA) is 49.4 Å². The Morgan fingerprint density at radius 1 is 1.18 bits per heavy atom. The quantitative estimate of drug-likeness (QED) is 0.911. The van der Waals surface area contributed by atoms with Crippen LogP contribution in [0.4, 0.5) is 0 Å². The highest BCUT2D eigenvalue weighted by Gasteiger charge is 2.27. The van der Waals surface area contributed by atoms with Gasteiger partial charge in [0.2, 0.25) is 5.91 Å². The first kappa shape index (κ1) is 17.1. The average molecular weight is 343 g/mol. The van der Waals surface area contributed by atoms with Crippen molar-refractivity contribution in [2.45, 2.75) is 26.2 Å². The van der Waals surface area contributed by atoms with Gasteiger partial charge < -0.3 is 10.2 Å². The molecule has 0 aromatic heterocycles. The number of halogens is 2. The van der Waals surface area contributed by atoms with Crippen molar-refractivity contribution in [1.82, 2.24) is 10.2 Å². The van der Waals surface area contributed by atoms with E-state index in [1.165, 1.54) is 0 Å². The Labute approximate surface area is 140 Å². The van der Waals surface area contributed by atoms with Crippen LogP contribution in [-0.2, 0) is 4.79 Å². The Hall–Kier alpha value is -1.26. The van der Waals surface area contributed by atoms with Crippen molar-refractivity contribution in [3.8, 4) is 0 Å². The SMILES string of the molecule is CCCNC(=O)C1CCN(C(=O)c2cc(Cl)cc(Cl)c2)CC1. The predicted octanol–water partition coefficient (Wildman–Crippen LogP) is 3.37. The minimum absolute atomic E-state index is 0.00134. The van der Waals surface area contributed by atoms with E-state index < -0.39 is 0 Å². The van der Waals surface area contributed by atoms with Gasteiger partial charge in [-0.15, -0.1) is 0 Å². The van der Waals surface area contributed by atoms with E-state index in [0.29, 0.717) is 48.1 Å². The Morgan fingerprint density at radius 3 is 2.32 bits per heavy atom.